The summed E-state index contributed by atoms with van der Waals surface area (Å²) in [5, 5.41) is 3.21. The number of benzene rings is 1. The van der Waals surface area contributed by atoms with E-state index < -0.39 is 0 Å². The smallest absolute Gasteiger partial charge is 0.119 e. The monoisotopic (exact) mass is 205 g/mol. The molecule has 0 spiro atoms. The first-order valence-electron chi connectivity index (χ1n) is 5.51. The third-order valence-electron chi connectivity index (χ3n) is 1.99. The van der Waals surface area contributed by atoms with Crippen molar-refractivity contribution in [2.45, 2.75) is 26.7 Å². The number of allylic oxidation sites excluding steroid dienone is 1. The molecule has 0 fully saturated rings. The summed E-state index contributed by atoms with van der Waals surface area (Å²) in [6, 6.07) is 7.97. The molecule has 0 radical (unpaired) electrons. The van der Waals surface area contributed by atoms with Crippen molar-refractivity contribution >= 4 is 5.69 Å². The lowest BCUT2D eigenvalue weighted by molar-refractivity contribution is 0.340. The molecule has 2 heteroatoms. The molecule has 1 aromatic rings. The van der Waals surface area contributed by atoms with Crippen LogP contribution in [0.1, 0.15) is 26.7 Å². The van der Waals surface area contributed by atoms with Crippen molar-refractivity contribution in [2.75, 3.05) is 11.9 Å². The van der Waals surface area contributed by atoms with E-state index in [1.165, 1.54) is 6.42 Å². The van der Waals surface area contributed by atoms with Gasteiger partial charge in [-0.05, 0) is 43.8 Å². The van der Waals surface area contributed by atoms with Gasteiger partial charge in [-0.2, -0.15) is 0 Å². The van der Waals surface area contributed by atoms with Crippen molar-refractivity contribution < 1.29 is 4.74 Å². The molecule has 0 saturated heterocycles. The van der Waals surface area contributed by atoms with E-state index in [0.717, 1.165) is 17.9 Å². The number of hydrogen-bond acceptors (Lipinski definition) is 2. The Hall–Kier alpha value is -1.44. The van der Waals surface area contributed by atoms with Gasteiger partial charge in [0.05, 0.1) is 6.61 Å². The average molecular weight is 205 g/mol. The van der Waals surface area contributed by atoms with Crippen LogP contribution in [0.5, 0.6) is 5.75 Å². The van der Waals surface area contributed by atoms with Crippen LogP contribution < -0.4 is 10.1 Å². The third-order valence-corrected chi connectivity index (χ3v) is 1.99. The molecular weight excluding hydrogens is 186 g/mol. The van der Waals surface area contributed by atoms with Crippen LogP contribution in [0.3, 0.4) is 0 Å². The van der Waals surface area contributed by atoms with Gasteiger partial charge in [-0.1, -0.05) is 19.4 Å². The summed E-state index contributed by atoms with van der Waals surface area (Å²) in [6.07, 6.45) is 6.42. The molecule has 0 aromatic heterocycles. The molecule has 0 unspecified atom stereocenters. The Morgan fingerprint density at radius 3 is 2.53 bits per heavy atom. The molecule has 0 saturated carbocycles. The Balaban J connectivity index is 2.42. The summed E-state index contributed by atoms with van der Waals surface area (Å²) in [6.45, 7) is 4.87. The molecule has 0 atom stereocenters. The van der Waals surface area contributed by atoms with Crippen LogP contribution in [-0.2, 0) is 0 Å². The molecule has 2 nitrogen and oxygen atoms in total. The fourth-order valence-electron chi connectivity index (χ4n) is 1.22. The van der Waals surface area contributed by atoms with Crippen LogP contribution in [-0.4, -0.2) is 6.61 Å². The fourth-order valence-corrected chi connectivity index (χ4v) is 1.22. The minimum atomic E-state index is 0.711. The van der Waals surface area contributed by atoms with Gasteiger partial charge in [-0.15, -0.1) is 0 Å². The van der Waals surface area contributed by atoms with Crippen LogP contribution >= 0.6 is 0 Å². The Morgan fingerprint density at radius 1 is 1.20 bits per heavy atom. The first-order valence-corrected chi connectivity index (χ1v) is 5.51. The lowest BCUT2D eigenvalue weighted by Crippen LogP contribution is -1.92. The van der Waals surface area contributed by atoms with Gasteiger partial charge in [0, 0.05) is 5.69 Å². The fraction of sp³-hybridized carbons (Fsp3) is 0.385. The van der Waals surface area contributed by atoms with Crippen molar-refractivity contribution in [3.05, 3.63) is 36.5 Å². The van der Waals surface area contributed by atoms with Gasteiger partial charge in [0.15, 0.2) is 0 Å². The predicted octanol–water partition coefficient (Wildman–Crippen LogP) is 3.81. The van der Waals surface area contributed by atoms with Gasteiger partial charge in [-0.25, -0.2) is 0 Å². The summed E-state index contributed by atoms with van der Waals surface area (Å²) in [4.78, 5) is 0. The standard InChI is InChI=1S/C13H19NO/c1-3-5-6-11-14-12-7-9-13(10-8-12)15-4-2/h6-11,14H,3-5H2,1-2H3. The minimum Gasteiger partial charge on any atom is -0.494 e. The van der Waals surface area contributed by atoms with Crippen molar-refractivity contribution in [3.8, 4) is 5.75 Å². The molecular formula is C13H19NO. The summed E-state index contributed by atoms with van der Waals surface area (Å²) >= 11 is 0. The Kier molecular flexibility index (Phi) is 5.38. The molecule has 1 N–H and O–H groups in total. The number of nitrogens with one attached hydrogen (secondary N) is 1. The molecule has 0 bridgehead atoms. The topological polar surface area (TPSA) is 21.3 Å². The van der Waals surface area contributed by atoms with E-state index in [4.69, 9.17) is 4.74 Å². The highest BCUT2D eigenvalue weighted by Gasteiger charge is 1.91. The van der Waals surface area contributed by atoms with Crippen LogP contribution in [0.4, 0.5) is 5.69 Å². The lowest BCUT2D eigenvalue weighted by Gasteiger charge is -2.04. The summed E-state index contributed by atoms with van der Waals surface area (Å²) < 4.78 is 5.36. The van der Waals surface area contributed by atoms with Gasteiger partial charge in [-0.3, -0.25) is 0 Å². The lowest BCUT2D eigenvalue weighted by atomic mass is 10.3. The zero-order chi connectivity index (χ0) is 10.9. The highest BCUT2D eigenvalue weighted by atomic mass is 16.5. The Labute approximate surface area is 92.0 Å². The van der Waals surface area contributed by atoms with Crippen LogP contribution in [0.25, 0.3) is 0 Å². The van der Waals surface area contributed by atoms with Crippen LogP contribution in [0.15, 0.2) is 36.5 Å². The second-order valence-corrected chi connectivity index (χ2v) is 3.29. The molecule has 0 aliphatic heterocycles. The largest absolute Gasteiger partial charge is 0.494 e. The quantitative estimate of drug-likeness (QED) is 0.762. The van der Waals surface area contributed by atoms with Gasteiger partial charge in [0.25, 0.3) is 0 Å². The molecule has 1 aromatic carbocycles. The van der Waals surface area contributed by atoms with Gasteiger partial charge < -0.3 is 10.1 Å². The average Bonchev–Trinajstić information content (AvgIpc) is 2.27. The first-order chi connectivity index (χ1) is 7.36. The second kappa shape index (κ2) is 6.93. The predicted molar refractivity (Wildman–Crippen MR) is 65.3 cm³/mol. The van der Waals surface area contributed by atoms with Crippen LogP contribution in [0, 0.1) is 0 Å². The molecule has 0 heterocycles. The first kappa shape index (κ1) is 11.6. The summed E-state index contributed by atoms with van der Waals surface area (Å²) in [5.41, 5.74) is 1.09. The van der Waals surface area contributed by atoms with E-state index in [-0.39, 0.29) is 0 Å². The maximum absolute atomic E-state index is 5.36. The zero-order valence-corrected chi connectivity index (χ0v) is 9.49. The zero-order valence-electron chi connectivity index (χ0n) is 9.49. The van der Waals surface area contributed by atoms with E-state index in [0.29, 0.717) is 6.61 Å². The molecule has 15 heavy (non-hydrogen) atoms. The van der Waals surface area contributed by atoms with Gasteiger partial charge in [0.1, 0.15) is 5.75 Å². The maximum atomic E-state index is 5.36. The Morgan fingerprint density at radius 2 is 1.93 bits per heavy atom. The number of ether oxygens (including phenoxy) is 1. The van der Waals surface area contributed by atoms with Crippen molar-refractivity contribution in [1.82, 2.24) is 0 Å². The van der Waals surface area contributed by atoms with Crippen molar-refractivity contribution in [2.24, 2.45) is 0 Å². The Bertz CT molecular complexity index is 290. The molecule has 0 aliphatic carbocycles. The highest BCUT2D eigenvalue weighted by molar-refractivity contribution is 5.48. The highest BCUT2D eigenvalue weighted by Crippen LogP contribution is 2.15. The van der Waals surface area contributed by atoms with Gasteiger partial charge >= 0.3 is 0 Å². The molecule has 82 valence electrons. The van der Waals surface area contributed by atoms with E-state index >= 15 is 0 Å². The maximum Gasteiger partial charge on any atom is 0.119 e. The second-order valence-electron chi connectivity index (χ2n) is 3.29. The van der Waals surface area contributed by atoms with E-state index in [9.17, 15) is 0 Å². The SMILES string of the molecule is CCCC=CNc1ccc(OCC)cc1. The van der Waals surface area contributed by atoms with Crippen molar-refractivity contribution in [1.29, 1.82) is 0 Å². The third kappa shape index (κ3) is 4.54. The van der Waals surface area contributed by atoms with Crippen molar-refractivity contribution in [3.63, 3.8) is 0 Å². The number of anilines is 1. The van der Waals surface area contributed by atoms with E-state index in [1.807, 2.05) is 37.4 Å². The van der Waals surface area contributed by atoms with Gasteiger partial charge in [0.2, 0.25) is 0 Å². The van der Waals surface area contributed by atoms with E-state index in [2.05, 4.69) is 18.3 Å². The van der Waals surface area contributed by atoms with E-state index in [1.54, 1.807) is 0 Å². The van der Waals surface area contributed by atoms with Crippen LogP contribution in [0.2, 0.25) is 0 Å². The molecule has 0 aliphatic rings. The number of hydrogen-bond donors (Lipinski definition) is 1. The molecule has 0 amide bonds. The number of unbranched alkanes of at least 4 members (excludes halogenated alkanes) is 1. The molecule has 1 rings (SSSR count). The minimum absolute atomic E-state index is 0.711. The normalized spacial score (nSPS) is 10.5. The summed E-state index contributed by atoms with van der Waals surface area (Å²) in [7, 11) is 0. The number of rotatable bonds is 6. The summed E-state index contributed by atoms with van der Waals surface area (Å²) in [5.74, 6) is 0.917.